The maximum Gasteiger partial charge on any atom is 0.191 e. The van der Waals surface area contributed by atoms with Gasteiger partial charge in [0, 0.05) is 44.7 Å². The zero-order valence-electron chi connectivity index (χ0n) is 15.3. The van der Waals surface area contributed by atoms with Gasteiger partial charge >= 0.3 is 0 Å². The van der Waals surface area contributed by atoms with Crippen LogP contribution < -0.4 is 10.6 Å². The van der Waals surface area contributed by atoms with E-state index in [2.05, 4.69) is 66.6 Å². The van der Waals surface area contributed by atoms with Gasteiger partial charge in [0.25, 0.3) is 0 Å². The van der Waals surface area contributed by atoms with Crippen molar-refractivity contribution in [2.75, 3.05) is 20.1 Å². The average molecular weight is 351 g/mol. The molecule has 136 valence electrons. The number of aromatic nitrogens is 4. The molecule has 7 heteroatoms. The molecule has 0 aliphatic rings. The SMILES string of the molecule is CCc1nncn1CCNC(=NC)NCCc1cccc2cccnc12. The standard InChI is InChI=1S/C19H25N7/c1-3-17-25-24-14-26(17)13-12-23-19(20-2)22-11-9-16-7-4-6-15-8-5-10-21-18(15)16/h4-8,10,14H,3,9,11-13H2,1-2H3,(H2,20,22,23). The normalized spacial score (nSPS) is 11.7. The second kappa shape index (κ2) is 8.94. The number of aryl methyl sites for hydroxylation is 1. The Balaban J connectivity index is 1.48. The molecule has 0 spiro atoms. The first-order valence-electron chi connectivity index (χ1n) is 8.95. The minimum absolute atomic E-state index is 0.764. The zero-order valence-corrected chi connectivity index (χ0v) is 15.3. The summed E-state index contributed by atoms with van der Waals surface area (Å²) in [6.45, 7) is 4.45. The van der Waals surface area contributed by atoms with Crippen LogP contribution in [0.1, 0.15) is 18.3 Å². The Kier molecular flexibility index (Phi) is 6.14. The van der Waals surface area contributed by atoms with Crippen molar-refractivity contribution < 1.29 is 0 Å². The molecule has 0 radical (unpaired) electrons. The van der Waals surface area contributed by atoms with Gasteiger partial charge < -0.3 is 15.2 Å². The van der Waals surface area contributed by atoms with Crippen molar-refractivity contribution in [2.45, 2.75) is 26.3 Å². The summed E-state index contributed by atoms with van der Waals surface area (Å²) in [6, 6.07) is 10.4. The molecular formula is C19H25N7. The maximum atomic E-state index is 4.51. The lowest BCUT2D eigenvalue weighted by atomic mass is 10.1. The molecule has 0 atom stereocenters. The van der Waals surface area contributed by atoms with Crippen molar-refractivity contribution in [1.29, 1.82) is 0 Å². The molecule has 7 nitrogen and oxygen atoms in total. The van der Waals surface area contributed by atoms with E-state index in [9.17, 15) is 0 Å². The van der Waals surface area contributed by atoms with E-state index in [1.807, 2.05) is 12.3 Å². The number of rotatable bonds is 7. The number of guanidine groups is 1. The van der Waals surface area contributed by atoms with E-state index in [0.29, 0.717) is 0 Å². The molecule has 0 aliphatic carbocycles. The fourth-order valence-corrected chi connectivity index (χ4v) is 2.94. The number of benzene rings is 1. The van der Waals surface area contributed by atoms with Crippen LogP contribution in [0.25, 0.3) is 10.9 Å². The first-order chi connectivity index (χ1) is 12.8. The molecule has 3 aromatic rings. The molecule has 0 unspecified atom stereocenters. The number of nitrogens with zero attached hydrogens (tertiary/aromatic N) is 5. The van der Waals surface area contributed by atoms with Crippen molar-refractivity contribution >= 4 is 16.9 Å². The monoisotopic (exact) mass is 351 g/mol. The number of fused-ring (bicyclic) bond motifs is 1. The molecule has 2 heterocycles. The van der Waals surface area contributed by atoms with Gasteiger partial charge in [0.2, 0.25) is 0 Å². The lowest BCUT2D eigenvalue weighted by Gasteiger charge is -2.13. The number of hydrogen-bond acceptors (Lipinski definition) is 4. The summed E-state index contributed by atoms with van der Waals surface area (Å²) in [5.41, 5.74) is 2.31. The minimum Gasteiger partial charge on any atom is -0.356 e. The van der Waals surface area contributed by atoms with E-state index < -0.39 is 0 Å². The highest BCUT2D eigenvalue weighted by Crippen LogP contribution is 2.15. The molecule has 0 saturated heterocycles. The molecule has 0 amide bonds. The van der Waals surface area contributed by atoms with Crippen LogP contribution in [-0.4, -0.2) is 45.8 Å². The second-order valence-electron chi connectivity index (χ2n) is 5.96. The molecule has 0 aliphatic heterocycles. The Morgan fingerprint density at radius 2 is 2.00 bits per heavy atom. The number of nitrogens with one attached hydrogen (secondary N) is 2. The van der Waals surface area contributed by atoms with Crippen molar-refractivity contribution in [2.24, 2.45) is 4.99 Å². The average Bonchev–Trinajstić information content (AvgIpc) is 3.14. The molecule has 0 saturated carbocycles. The van der Waals surface area contributed by atoms with E-state index >= 15 is 0 Å². The highest BCUT2D eigenvalue weighted by Gasteiger charge is 2.04. The topological polar surface area (TPSA) is 80.0 Å². The van der Waals surface area contributed by atoms with Crippen LogP contribution in [0, 0.1) is 0 Å². The summed E-state index contributed by atoms with van der Waals surface area (Å²) < 4.78 is 2.06. The van der Waals surface area contributed by atoms with Gasteiger partial charge in [0.1, 0.15) is 12.2 Å². The Bertz CT molecular complexity index is 864. The molecule has 2 N–H and O–H groups in total. The van der Waals surface area contributed by atoms with Gasteiger partial charge in [0.15, 0.2) is 5.96 Å². The summed E-state index contributed by atoms with van der Waals surface area (Å²) in [6.07, 6.45) is 5.38. The molecule has 3 rings (SSSR count). The first-order valence-corrected chi connectivity index (χ1v) is 8.95. The third-order valence-electron chi connectivity index (χ3n) is 4.28. The van der Waals surface area contributed by atoms with E-state index in [0.717, 1.165) is 49.8 Å². The van der Waals surface area contributed by atoms with Crippen molar-refractivity contribution in [3.8, 4) is 0 Å². The molecule has 0 bridgehead atoms. The fraction of sp³-hybridized carbons (Fsp3) is 0.368. The van der Waals surface area contributed by atoms with E-state index in [4.69, 9.17) is 0 Å². The van der Waals surface area contributed by atoms with E-state index in [1.54, 1.807) is 13.4 Å². The third kappa shape index (κ3) is 4.36. The molecule has 0 fully saturated rings. The van der Waals surface area contributed by atoms with Crippen molar-refractivity contribution in [3.63, 3.8) is 0 Å². The quantitative estimate of drug-likeness (QED) is 0.501. The van der Waals surface area contributed by atoms with Crippen molar-refractivity contribution in [1.82, 2.24) is 30.4 Å². The lowest BCUT2D eigenvalue weighted by molar-refractivity contribution is 0.632. The highest BCUT2D eigenvalue weighted by molar-refractivity contribution is 5.82. The molecule has 2 aromatic heterocycles. The van der Waals surface area contributed by atoms with Crippen LogP contribution in [0.4, 0.5) is 0 Å². The Morgan fingerprint density at radius 1 is 1.15 bits per heavy atom. The summed E-state index contributed by atoms with van der Waals surface area (Å²) in [7, 11) is 1.78. The van der Waals surface area contributed by atoms with Gasteiger partial charge in [0.05, 0.1) is 5.52 Å². The van der Waals surface area contributed by atoms with Crippen LogP contribution in [0.15, 0.2) is 47.8 Å². The van der Waals surface area contributed by atoms with Gasteiger partial charge in [-0.2, -0.15) is 0 Å². The summed E-state index contributed by atoms with van der Waals surface area (Å²) >= 11 is 0. The van der Waals surface area contributed by atoms with E-state index in [1.165, 1.54) is 10.9 Å². The van der Waals surface area contributed by atoms with Crippen LogP contribution in [0.2, 0.25) is 0 Å². The fourth-order valence-electron chi connectivity index (χ4n) is 2.94. The molecular weight excluding hydrogens is 326 g/mol. The molecule has 26 heavy (non-hydrogen) atoms. The lowest BCUT2D eigenvalue weighted by Crippen LogP contribution is -2.39. The first kappa shape index (κ1) is 17.8. The Hall–Kier alpha value is -2.96. The highest BCUT2D eigenvalue weighted by atomic mass is 15.3. The van der Waals surface area contributed by atoms with Gasteiger partial charge in [-0.3, -0.25) is 9.98 Å². The second-order valence-corrected chi connectivity index (χ2v) is 5.96. The van der Waals surface area contributed by atoms with Gasteiger partial charge in [-0.1, -0.05) is 31.2 Å². The number of hydrogen-bond donors (Lipinski definition) is 2. The summed E-state index contributed by atoms with van der Waals surface area (Å²) in [5.74, 6) is 1.79. The van der Waals surface area contributed by atoms with Crippen molar-refractivity contribution in [3.05, 3.63) is 54.2 Å². The van der Waals surface area contributed by atoms with Crippen LogP contribution in [0.3, 0.4) is 0 Å². The van der Waals surface area contributed by atoms with Crippen LogP contribution >= 0.6 is 0 Å². The minimum atomic E-state index is 0.764. The van der Waals surface area contributed by atoms with Gasteiger partial charge in [-0.15, -0.1) is 10.2 Å². The maximum absolute atomic E-state index is 4.51. The Labute approximate surface area is 153 Å². The summed E-state index contributed by atoms with van der Waals surface area (Å²) in [5, 5.41) is 15.9. The van der Waals surface area contributed by atoms with Crippen LogP contribution in [0.5, 0.6) is 0 Å². The zero-order chi connectivity index (χ0) is 18.2. The predicted octanol–water partition coefficient (Wildman–Crippen LogP) is 1.80. The molecule has 1 aromatic carbocycles. The van der Waals surface area contributed by atoms with Gasteiger partial charge in [-0.25, -0.2) is 0 Å². The largest absolute Gasteiger partial charge is 0.356 e. The third-order valence-corrected chi connectivity index (χ3v) is 4.28. The Morgan fingerprint density at radius 3 is 2.85 bits per heavy atom. The number of para-hydroxylation sites is 1. The predicted molar refractivity (Wildman–Crippen MR) is 104 cm³/mol. The summed E-state index contributed by atoms with van der Waals surface area (Å²) in [4.78, 5) is 8.79. The van der Waals surface area contributed by atoms with Gasteiger partial charge in [-0.05, 0) is 18.1 Å². The van der Waals surface area contributed by atoms with Crippen LogP contribution in [-0.2, 0) is 19.4 Å². The van der Waals surface area contributed by atoms with E-state index in [-0.39, 0.29) is 0 Å². The number of pyridine rings is 1. The number of aliphatic imine (C=N–C) groups is 1. The smallest absolute Gasteiger partial charge is 0.191 e.